The zero-order valence-electron chi connectivity index (χ0n) is 13.0. The van der Waals surface area contributed by atoms with Gasteiger partial charge in [0.25, 0.3) is 0 Å². The number of nitrogens with zero attached hydrogens (tertiary/aromatic N) is 1. The summed E-state index contributed by atoms with van der Waals surface area (Å²) in [5.74, 6) is 0.661. The second kappa shape index (κ2) is 5.54. The lowest BCUT2D eigenvalue weighted by Gasteiger charge is -2.48. The molecule has 2 heteroatoms. The molecule has 0 bridgehead atoms. The molecular weight excluding hydrogens is 232 g/mol. The smallest absolute Gasteiger partial charge is 0.0438 e. The summed E-state index contributed by atoms with van der Waals surface area (Å²) < 4.78 is 0. The van der Waals surface area contributed by atoms with Gasteiger partial charge in [0.2, 0.25) is 0 Å². The SMILES string of the molecule is CCC1(C)CN(c2cccc(C)c2)C(C(C)C)CN1. The summed E-state index contributed by atoms with van der Waals surface area (Å²) in [6, 6.07) is 9.50. The molecule has 1 N–H and O–H groups in total. The van der Waals surface area contributed by atoms with Gasteiger partial charge >= 0.3 is 0 Å². The minimum absolute atomic E-state index is 0.231. The van der Waals surface area contributed by atoms with Crippen molar-refractivity contribution in [3.63, 3.8) is 0 Å². The zero-order chi connectivity index (χ0) is 14.0. The van der Waals surface area contributed by atoms with Crippen LogP contribution in [0.15, 0.2) is 24.3 Å². The Bertz CT molecular complexity index is 427. The average molecular weight is 260 g/mol. The second-order valence-corrected chi connectivity index (χ2v) is 6.57. The van der Waals surface area contributed by atoms with E-state index in [2.05, 4.69) is 69.1 Å². The molecule has 1 aromatic rings. The van der Waals surface area contributed by atoms with Crippen LogP contribution in [0.1, 0.15) is 39.7 Å². The first kappa shape index (κ1) is 14.4. The molecule has 2 unspecified atom stereocenters. The molecule has 0 spiro atoms. The molecule has 1 aromatic carbocycles. The van der Waals surface area contributed by atoms with Gasteiger partial charge in [-0.15, -0.1) is 0 Å². The van der Waals surface area contributed by atoms with E-state index >= 15 is 0 Å². The van der Waals surface area contributed by atoms with Gasteiger partial charge in [-0.25, -0.2) is 0 Å². The predicted octanol–water partition coefficient (Wildman–Crippen LogP) is 3.60. The first-order valence-corrected chi connectivity index (χ1v) is 7.53. The lowest BCUT2D eigenvalue weighted by molar-refractivity contribution is 0.253. The zero-order valence-corrected chi connectivity index (χ0v) is 13.0. The summed E-state index contributed by atoms with van der Waals surface area (Å²) in [4.78, 5) is 2.61. The third-order valence-electron chi connectivity index (χ3n) is 4.54. The van der Waals surface area contributed by atoms with E-state index in [4.69, 9.17) is 0 Å². The molecule has 1 saturated heterocycles. The van der Waals surface area contributed by atoms with Crippen LogP contribution >= 0.6 is 0 Å². The van der Waals surface area contributed by atoms with Crippen molar-refractivity contribution in [3.8, 4) is 0 Å². The number of aryl methyl sites for hydroxylation is 1. The van der Waals surface area contributed by atoms with Gasteiger partial charge < -0.3 is 10.2 Å². The lowest BCUT2D eigenvalue weighted by atomic mass is 9.89. The minimum atomic E-state index is 0.231. The summed E-state index contributed by atoms with van der Waals surface area (Å²) in [5.41, 5.74) is 2.95. The highest BCUT2D eigenvalue weighted by Gasteiger charge is 2.35. The number of hydrogen-bond donors (Lipinski definition) is 1. The van der Waals surface area contributed by atoms with Crippen LogP contribution < -0.4 is 10.2 Å². The number of benzene rings is 1. The third kappa shape index (κ3) is 3.11. The number of hydrogen-bond acceptors (Lipinski definition) is 2. The first-order valence-electron chi connectivity index (χ1n) is 7.53. The van der Waals surface area contributed by atoms with Crippen LogP contribution in [0.3, 0.4) is 0 Å². The molecule has 0 aromatic heterocycles. The summed E-state index contributed by atoms with van der Waals surface area (Å²) in [6.45, 7) is 13.6. The molecule has 2 rings (SSSR count). The van der Waals surface area contributed by atoms with E-state index in [-0.39, 0.29) is 5.54 Å². The van der Waals surface area contributed by atoms with Crippen LogP contribution in [-0.2, 0) is 0 Å². The minimum Gasteiger partial charge on any atom is -0.365 e. The van der Waals surface area contributed by atoms with Gasteiger partial charge in [0.15, 0.2) is 0 Å². The Hall–Kier alpha value is -1.02. The van der Waals surface area contributed by atoms with E-state index in [9.17, 15) is 0 Å². The van der Waals surface area contributed by atoms with Crippen LogP contribution in [0.4, 0.5) is 5.69 Å². The average Bonchev–Trinajstić information content (AvgIpc) is 2.38. The predicted molar refractivity (Wildman–Crippen MR) is 83.8 cm³/mol. The van der Waals surface area contributed by atoms with E-state index in [0.29, 0.717) is 12.0 Å². The van der Waals surface area contributed by atoms with Crippen molar-refractivity contribution in [2.75, 3.05) is 18.0 Å². The molecule has 1 aliphatic rings. The van der Waals surface area contributed by atoms with E-state index < -0.39 is 0 Å². The fraction of sp³-hybridized carbons (Fsp3) is 0.647. The standard InChI is InChI=1S/C17H28N2/c1-6-17(5)12-19(16(11-18-17)13(2)3)15-9-7-8-14(4)10-15/h7-10,13,16,18H,6,11-12H2,1-5H3. The Morgan fingerprint density at radius 3 is 2.74 bits per heavy atom. The molecule has 1 heterocycles. The van der Waals surface area contributed by atoms with Crippen molar-refractivity contribution in [3.05, 3.63) is 29.8 Å². The van der Waals surface area contributed by atoms with E-state index in [1.807, 2.05) is 0 Å². The molecule has 2 atom stereocenters. The van der Waals surface area contributed by atoms with E-state index in [1.54, 1.807) is 0 Å². The van der Waals surface area contributed by atoms with Gasteiger partial charge in [0, 0.05) is 30.4 Å². The molecule has 0 aliphatic carbocycles. The van der Waals surface area contributed by atoms with Crippen LogP contribution in [0, 0.1) is 12.8 Å². The van der Waals surface area contributed by atoms with E-state index in [1.165, 1.54) is 17.7 Å². The highest BCUT2D eigenvalue weighted by molar-refractivity contribution is 5.50. The van der Waals surface area contributed by atoms with Crippen LogP contribution in [-0.4, -0.2) is 24.7 Å². The fourth-order valence-corrected chi connectivity index (χ4v) is 2.93. The first-order chi connectivity index (χ1) is 8.95. The highest BCUT2D eigenvalue weighted by Crippen LogP contribution is 2.28. The molecule has 106 valence electrons. The molecule has 1 aliphatic heterocycles. The van der Waals surface area contributed by atoms with Crippen LogP contribution in [0.25, 0.3) is 0 Å². The summed E-state index contributed by atoms with van der Waals surface area (Å²) >= 11 is 0. The molecule has 0 radical (unpaired) electrons. The quantitative estimate of drug-likeness (QED) is 0.893. The van der Waals surface area contributed by atoms with Crippen molar-refractivity contribution in [2.24, 2.45) is 5.92 Å². The molecular formula is C17H28N2. The number of rotatable bonds is 3. The van der Waals surface area contributed by atoms with Crippen molar-refractivity contribution in [1.29, 1.82) is 0 Å². The van der Waals surface area contributed by atoms with Crippen molar-refractivity contribution < 1.29 is 0 Å². The Morgan fingerprint density at radius 2 is 2.16 bits per heavy atom. The maximum absolute atomic E-state index is 3.75. The van der Waals surface area contributed by atoms with Crippen LogP contribution in [0.2, 0.25) is 0 Å². The van der Waals surface area contributed by atoms with Gasteiger partial charge in [0.1, 0.15) is 0 Å². The van der Waals surface area contributed by atoms with Crippen molar-refractivity contribution in [1.82, 2.24) is 5.32 Å². The summed E-state index contributed by atoms with van der Waals surface area (Å²) in [7, 11) is 0. The normalized spacial score (nSPS) is 27.9. The Morgan fingerprint density at radius 1 is 1.42 bits per heavy atom. The largest absolute Gasteiger partial charge is 0.365 e. The maximum Gasteiger partial charge on any atom is 0.0438 e. The van der Waals surface area contributed by atoms with Gasteiger partial charge in [-0.05, 0) is 43.9 Å². The highest BCUT2D eigenvalue weighted by atomic mass is 15.3. The van der Waals surface area contributed by atoms with Gasteiger partial charge in [-0.1, -0.05) is 32.9 Å². The van der Waals surface area contributed by atoms with Crippen LogP contribution in [0.5, 0.6) is 0 Å². The molecule has 19 heavy (non-hydrogen) atoms. The van der Waals surface area contributed by atoms with Gasteiger partial charge in [-0.2, -0.15) is 0 Å². The number of anilines is 1. The molecule has 0 amide bonds. The molecule has 2 nitrogen and oxygen atoms in total. The Kier molecular flexibility index (Phi) is 4.19. The summed E-state index contributed by atoms with van der Waals surface area (Å²) in [5, 5.41) is 3.75. The van der Waals surface area contributed by atoms with E-state index in [0.717, 1.165) is 13.1 Å². The summed E-state index contributed by atoms with van der Waals surface area (Å²) in [6.07, 6.45) is 1.17. The Balaban J connectivity index is 2.30. The molecule has 0 saturated carbocycles. The fourth-order valence-electron chi connectivity index (χ4n) is 2.93. The number of piperazine rings is 1. The van der Waals surface area contributed by atoms with Gasteiger partial charge in [-0.3, -0.25) is 0 Å². The maximum atomic E-state index is 3.75. The monoisotopic (exact) mass is 260 g/mol. The Labute approximate surface area is 118 Å². The number of nitrogens with one attached hydrogen (secondary N) is 1. The topological polar surface area (TPSA) is 15.3 Å². The lowest BCUT2D eigenvalue weighted by Crippen LogP contribution is -2.64. The third-order valence-corrected chi connectivity index (χ3v) is 4.54. The van der Waals surface area contributed by atoms with Crippen molar-refractivity contribution >= 4 is 5.69 Å². The van der Waals surface area contributed by atoms with Crippen molar-refractivity contribution in [2.45, 2.75) is 52.6 Å². The second-order valence-electron chi connectivity index (χ2n) is 6.57. The molecule has 1 fully saturated rings. The van der Waals surface area contributed by atoms with Gasteiger partial charge in [0.05, 0.1) is 0 Å².